The number of halogens is 1. The lowest BCUT2D eigenvalue weighted by Crippen LogP contribution is -2.06. The number of hydrogen-bond acceptors (Lipinski definition) is 6. The maximum Gasteiger partial charge on any atom is 0.272 e. The number of benzene rings is 1. The molecule has 0 radical (unpaired) electrons. The van der Waals surface area contributed by atoms with Crippen LogP contribution in [0.3, 0.4) is 0 Å². The van der Waals surface area contributed by atoms with Gasteiger partial charge in [0.1, 0.15) is 12.4 Å². The van der Waals surface area contributed by atoms with Crippen LogP contribution in [0.25, 0.3) is 0 Å². The predicted octanol–water partition coefficient (Wildman–Crippen LogP) is 2.45. The number of hydrogen-bond donors (Lipinski definition) is 1. The van der Waals surface area contributed by atoms with Crippen molar-refractivity contribution in [2.75, 3.05) is 12.4 Å². The zero-order valence-electron chi connectivity index (χ0n) is 11.5. The largest absolute Gasteiger partial charge is 0.483 e. The van der Waals surface area contributed by atoms with Gasteiger partial charge in [-0.25, -0.2) is 14.4 Å². The fraction of sp³-hybridized carbons (Fsp3) is 0.231. The second kappa shape index (κ2) is 6.12. The van der Waals surface area contributed by atoms with Crippen molar-refractivity contribution in [3.05, 3.63) is 51.7 Å². The number of nitro groups is 1. The summed E-state index contributed by atoms with van der Waals surface area (Å²) in [6, 6.07) is 4.96. The quantitative estimate of drug-likeness (QED) is 0.672. The van der Waals surface area contributed by atoms with Crippen molar-refractivity contribution >= 4 is 11.5 Å². The Hall–Kier alpha value is -2.77. The third kappa shape index (κ3) is 3.62. The van der Waals surface area contributed by atoms with E-state index in [1.54, 1.807) is 20.0 Å². The van der Waals surface area contributed by atoms with Crippen LogP contribution in [0, 0.1) is 22.9 Å². The first-order valence-electron chi connectivity index (χ1n) is 6.08. The summed E-state index contributed by atoms with van der Waals surface area (Å²) >= 11 is 0. The van der Waals surface area contributed by atoms with Gasteiger partial charge in [-0.1, -0.05) is 0 Å². The molecule has 0 fully saturated rings. The van der Waals surface area contributed by atoms with Crippen LogP contribution >= 0.6 is 0 Å². The smallest absolute Gasteiger partial charge is 0.272 e. The number of non-ortho nitro benzene ring substituents is 1. The third-order valence-electron chi connectivity index (χ3n) is 2.64. The van der Waals surface area contributed by atoms with E-state index in [2.05, 4.69) is 15.3 Å². The Morgan fingerprint density at radius 1 is 1.38 bits per heavy atom. The summed E-state index contributed by atoms with van der Waals surface area (Å²) in [5.41, 5.74) is 0.418. The van der Waals surface area contributed by atoms with Gasteiger partial charge in [0.15, 0.2) is 17.4 Å². The molecule has 0 unspecified atom stereocenters. The van der Waals surface area contributed by atoms with Gasteiger partial charge in [0, 0.05) is 24.9 Å². The number of nitrogens with one attached hydrogen (secondary N) is 1. The lowest BCUT2D eigenvalue weighted by Gasteiger charge is -2.08. The second-order valence-electron chi connectivity index (χ2n) is 4.22. The molecular formula is C13H13FN4O3. The summed E-state index contributed by atoms with van der Waals surface area (Å²) in [7, 11) is 1.72. The molecule has 0 saturated heterocycles. The molecule has 1 aromatic carbocycles. The summed E-state index contributed by atoms with van der Waals surface area (Å²) in [6.45, 7) is 1.77. The number of aromatic nitrogens is 2. The minimum atomic E-state index is -0.800. The molecule has 0 spiro atoms. The zero-order valence-corrected chi connectivity index (χ0v) is 11.5. The Labute approximate surface area is 120 Å². The maximum atomic E-state index is 13.7. The molecule has 1 aromatic heterocycles. The van der Waals surface area contributed by atoms with Gasteiger partial charge in [0.2, 0.25) is 0 Å². The van der Waals surface area contributed by atoms with Crippen molar-refractivity contribution in [2.24, 2.45) is 0 Å². The first-order valence-corrected chi connectivity index (χ1v) is 6.08. The van der Waals surface area contributed by atoms with Crippen LogP contribution in [0.15, 0.2) is 24.3 Å². The van der Waals surface area contributed by atoms with Gasteiger partial charge in [0.05, 0.1) is 11.0 Å². The van der Waals surface area contributed by atoms with Crippen molar-refractivity contribution in [1.82, 2.24) is 9.97 Å². The van der Waals surface area contributed by atoms with Crippen LogP contribution in [-0.2, 0) is 6.61 Å². The predicted molar refractivity (Wildman–Crippen MR) is 73.7 cm³/mol. The van der Waals surface area contributed by atoms with Gasteiger partial charge in [-0.15, -0.1) is 0 Å². The van der Waals surface area contributed by atoms with Crippen LogP contribution in [0.5, 0.6) is 5.75 Å². The molecular weight excluding hydrogens is 279 g/mol. The normalized spacial score (nSPS) is 10.2. The van der Waals surface area contributed by atoms with E-state index in [4.69, 9.17) is 4.74 Å². The second-order valence-corrected chi connectivity index (χ2v) is 4.22. The van der Waals surface area contributed by atoms with Gasteiger partial charge < -0.3 is 10.1 Å². The fourth-order valence-electron chi connectivity index (χ4n) is 1.69. The van der Waals surface area contributed by atoms with Crippen molar-refractivity contribution < 1.29 is 14.1 Å². The molecule has 1 N–H and O–H groups in total. The van der Waals surface area contributed by atoms with E-state index in [0.717, 1.165) is 11.8 Å². The molecule has 0 aliphatic heterocycles. The number of ether oxygens (including phenoxy) is 1. The minimum Gasteiger partial charge on any atom is -0.483 e. The zero-order chi connectivity index (χ0) is 15.4. The number of aryl methyl sites for hydroxylation is 1. The first-order chi connectivity index (χ1) is 9.99. The van der Waals surface area contributed by atoms with Crippen molar-refractivity contribution in [3.8, 4) is 5.75 Å². The number of rotatable bonds is 5. The lowest BCUT2D eigenvalue weighted by atomic mass is 10.3. The lowest BCUT2D eigenvalue weighted by molar-refractivity contribution is -0.385. The van der Waals surface area contributed by atoms with Crippen LogP contribution in [0.4, 0.5) is 15.9 Å². The molecule has 0 saturated carbocycles. The highest BCUT2D eigenvalue weighted by molar-refractivity contribution is 5.38. The molecule has 8 heteroatoms. The molecule has 7 nitrogen and oxygen atoms in total. The third-order valence-corrected chi connectivity index (χ3v) is 2.64. The highest BCUT2D eigenvalue weighted by Crippen LogP contribution is 2.23. The Morgan fingerprint density at radius 3 is 2.76 bits per heavy atom. The van der Waals surface area contributed by atoms with Gasteiger partial charge in [0.25, 0.3) is 5.69 Å². The summed E-state index contributed by atoms with van der Waals surface area (Å²) in [6.07, 6.45) is 0. The van der Waals surface area contributed by atoms with Gasteiger partial charge in [-0.05, 0) is 13.0 Å². The standard InChI is InChI=1S/C13H13FN4O3/c1-8-5-12(15-2)17-13(16-8)7-21-11-4-3-9(18(19)20)6-10(11)14/h3-6H,7H2,1-2H3,(H,15,16,17). The molecule has 0 amide bonds. The van der Waals surface area contributed by atoms with Crippen molar-refractivity contribution in [1.29, 1.82) is 0 Å². The Balaban J connectivity index is 2.13. The average Bonchev–Trinajstić information content (AvgIpc) is 2.45. The van der Waals surface area contributed by atoms with Gasteiger partial charge >= 0.3 is 0 Å². The van der Waals surface area contributed by atoms with E-state index in [9.17, 15) is 14.5 Å². The van der Waals surface area contributed by atoms with Gasteiger partial charge in [-0.2, -0.15) is 0 Å². The first kappa shape index (κ1) is 14.6. The summed E-state index contributed by atoms with van der Waals surface area (Å²) in [4.78, 5) is 18.2. The van der Waals surface area contributed by atoms with Gasteiger partial charge in [-0.3, -0.25) is 10.1 Å². The highest BCUT2D eigenvalue weighted by Gasteiger charge is 2.12. The van der Waals surface area contributed by atoms with E-state index in [-0.39, 0.29) is 18.0 Å². The van der Waals surface area contributed by atoms with E-state index in [1.165, 1.54) is 12.1 Å². The monoisotopic (exact) mass is 292 g/mol. The summed E-state index contributed by atoms with van der Waals surface area (Å²) in [5.74, 6) is 0.129. The highest BCUT2D eigenvalue weighted by atomic mass is 19.1. The molecule has 1 heterocycles. The number of nitro benzene ring substituents is 1. The maximum absolute atomic E-state index is 13.7. The summed E-state index contributed by atoms with van der Waals surface area (Å²) < 4.78 is 18.9. The Bertz CT molecular complexity index is 678. The molecule has 0 aliphatic carbocycles. The Kier molecular flexibility index (Phi) is 4.27. The average molecular weight is 292 g/mol. The number of nitrogens with zero attached hydrogens (tertiary/aromatic N) is 3. The number of anilines is 1. The van der Waals surface area contributed by atoms with E-state index < -0.39 is 10.7 Å². The van der Waals surface area contributed by atoms with Crippen LogP contribution < -0.4 is 10.1 Å². The molecule has 110 valence electrons. The fourth-order valence-corrected chi connectivity index (χ4v) is 1.69. The molecule has 0 bridgehead atoms. The minimum absolute atomic E-state index is 0.0366. The molecule has 0 atom stereocenters. The molecule has 21 heavy (non-hydrogen) atoms. The van der Waals surface area contributed by atoms with Crippen LogP contribution in [0.2, 0.25) is 0 Å². The molecule has 2 rings (SSSR count). The molecule has 0 aliphatic rings. The van der Waals surface area contributed by atoms with E-state index in [0.29, 0.717) is 11.6 Å². The Morgan fingerprint density at radius 2 is 2.14 bits per heavy atom. The SMILES string of the molecule is CNc1cc(C)nc(COc2ccc([N+](=O)[O-])cc2F)n1. The molecule has 2 aromatic rings. The van der Waals surface area contributed by atoms with E-state index in [1.807, 2.05) is 0 Å². The van der Waals surface area contributed by atoms with Crippen LogP contribution in [-0.4, -0.2) is 21.9 Å². The van der Waals surface area contributed by atoms with E-state index >= 15 is 0 Å². The van der Waals surface area contributed by atoms with Crippen LogP contribution in [0.1, 0.15) is 11.5 Å². The summed E-state index contributed by atoms with van der Waals surface area (Å²) in [5, 5.41) is 13.4. The topological polar surface area (TPSA) is 90.2 Å². The van der Waals surface area contributed by atoms with Crippen molar-refractivity contribution in [2.45, 2.75) is 13.5 Å². The van der Waals surface area contributed by atoms with Crippen molar-refractivity contribution in [3.63, 3.8) is 0 Å².